The van der Waals surface area contributed by atoms with E-state index >= 15 is 0 Å². The maximum absolute atomic E-state index is 6.35. The van der Waals surface area contributed by atoms with Crippen LogP contribution in [0.3, 0.4) is 0 Å². The Labute approximate surface area is 125 Å². The molecular weight excluding hydrogens is 262 g/mol. The number of hydrogen-bond acceptors (Lipinski definition) is 3. The van der Waals surface area contributed by atoms with Crippen molar-refractivity contribution in [2.24, 2.45) is 5.73 Å². The van der Waals surface area contributed by atoms with E-state index in [2.05, 4.69) is 31.2 Å². The van der Waals surface area contributed by atoms with Crippen molar-refractivity contribution in [3.63, 3.8) is 0 Å². The van der Waals surface area contributed by atoms with Gasteiger partial charge in [-0.15, -0.1) is 0 Å². The van der Waals surface area contributed by atoms with Gasteiger partial charge in [0, 0.05) is 12.5 Å². The predicted molar refractivity (Wildman–Crippen MR) is 83.9 cm³/mol. The fraction of sp³-hybridized carbons (Fsp3) is 0.333. The van der Waals surface area contributed by atoms with Crippen molar-refractivity contribution in [3.05, 3.63) is 59.2 Å². The van der Waals surface area contributed by atoms with Gasteiger partial charge < -0.3 is 15.2 Å². The minimum Gasteiger partial charge on any atom is -0.490 e. The van der Waals surface area contributed by atoms with E-state index in [4.69, 9.17) is 15.2 Å². The maximum atomic E-state index is 6.35. The highest BCUT2D eigenvalue weighted by atomic mass is 16.5. The van der Waals surface area contributed by atoms with Crippen LogP contribution in [0.25, 0.3) is 0 Å². The first-order valence-electron chi connectivity index (χ1n) is 7.43. The molecule has 3 rings (SSSR count). The van der Waals surface area contributed by atoms with Gasteiger partial charge in [0.15, 0.2) is 11.5 Å². The summed E-state index contributed by atoms with van der Waals surface area (Å²) in [5, 5.41) is 0. The zero-order valence-electron chi connectivity index (χ0n) is 12.3. The number of fused-ring (bicyclic) bond motifs is 1. The van der Waals surface area contributed by atoms with Crippen LogP contribution in [0.2, 0.25) is 0 Å². The van der Waals surface area contributed by atoms with Gasteiger partial charge in [0.25, 0.3) is 0 Å². The molecule has 0 fully saturated rings. The van der Waals surface area contributed by atoms with Crippen LogP contribution in [-0.4, -0.2) is 13.2 Å². The molecule has 110 valence electrons. The van der Waals surface area contributed by atoms with E-state index in [1.54, 1.807) is 0 Å². The van der Waals surface area contributed by atoms with E-state index in [-0.39, 0.29) is 6.04 Å². The second-order valence-corrected chi connectivity index (χ2v) is 5.56. The molecule has 1 atom stereocenters. The Hall–Kier alpha value is -2.00. The van der Waals surface area contributed by atoms with E-state index in [0.29, 0.717) is 13.2 Å². The maximum Gasteiger partial charge on any atom is 0.161 e. The topological polar surface area (TPSA) is 44.5 Å². The molecule has 1 aliphatic rings. The van der Waals surface area contributed by atoms with E-state index in [1.807, 2.05) is 18.2 Å². The first-order valence-corrected chi connectivity index (χ1v) is 7.43. The molecule has 21 heavy (non-hydrogen) atoms. The normalized spacial score (nSPS) is 15.3. The van der Waals surface area contributed by atoms with Crippen molar-refractivity contribution in [3.8, 4) is 11.5 Å². The average Bonchev–Trinajstić information content (AvgIpc) is 2.71. The Balaban J connectivity index is 1.78. The molecule has 3 nitrogen and oxygen atoms in total. The van der Waals surface area contributed by atoms with Crippen molar-refractivity contribution < 1.29 is 9.47 Å². The van der Waals surface area contributed by atoms with Gasteiger partial charge in [0.2, 0.25) is 0 Å². The van der Waals surface area contributed by atoms with Crippen molar-refractivity contribution in [2.75, 3.05) is 13.2 Å². The molecule has 3 heteroatoms. The Kier molecular flexibility index (Phi) is 4.11. The Morgan fingerprint density at radius 1 is 1.05 bits per heavy atom. The molecule has 0 spiro atoms. The highest BCUT2D eigenvalue weighted by molar-refractivity contribution is 5.44. The molecule has 2 aromatic rings. The van der Waals surface area contributed by atoms with Crippen LogP contribution in [-0.2, 0) is 6.42 Å². The van der Waals surface area contributed by atoms with E-state index in [9.17, 15) is 0 Å². The van der Waals surface area contributed by atoms with Crippen LogP contribution in [0.15, 0.2) is 42.5 Å². The number of nitrogens with two attached hydrogens (primary N) is 1. The lowest BCUT2D eigenvalue weighted by Gasteiger charge is -2.15. The minimum atomic E-state index is -0.0380. The number of ether oxygens (including phenoxy) is 2. The lowest BCUT2D eigenvalue weighted by Crippen LogP contribution is -2.13. The van der Waals surface area contributed by atoms with Crippen LogP contribution in [0.1, 0.15) is 29.2 Å². The monoisotopic (exact) mass is 283 g/mol. The molecule has 0 amide bonds. The minimum absolute atomic E-state index is 0.0380. The predicted octanol–water partition coefficient (Wildman–Crippen LogP) is 3.40. The smallest absolute Gasteiger partial charge is 0.161 e. The summed E-state index contributed by atoms with van der Waals surface area (Å²) in [5.74, 6) is 1.63. The second-order valence-electron chi connectivity index (χ2n) is 5.56. The summed E-state index contributed by atoms with van der Waals surface area (Å²) in [5.41, 5.74) is 9.96. The van der Waals surface area contributed by atoms with Gasteiger partial charge in [0.05, 0.1) is 13.2 Å². The molecule has 0 aromatic heterocycles. The molecule has 1 unspecified atom stereocenters. The summed E-state index contributed by atoms with van der Waals surface area (Å²) in [6.45, 7) is 3.51. The largest absolute Gasteiger partial charge is 0.490 e. The van der Waals surface area contributed by atoms with Crippen LogP contribution >= 0.6 is 0 Å². The van der Waals surface area contributed by atoms with E-state index in [1.165, 1.54) is 11.1 Å². The van der Waals surface area contributed by atoms with Crippen LogP contribution in [0, 0.1) is 6.92 Å². The van der Waals surface area contributed by atoms with Crippen LogP contribution in [0.5, 0.6) is 11.5 Å². The molecule has 1 aliphatic heterocycles. The van der Waals surface area contributed by atoms with Gasteiger partial charge in [-0.3, -0.25) is 0 Å². The zero-order chi connectivity index (χ0) is 14.7. The summed E-state index contributed by atoms with van der Waals surface area (Å²) in [6.07, 6.45) is 1.74. The SMILES string of the molecule is Cc1cccc(CC(N)c2ccc3c(c2)OCCCO3)c1. The summed E-state index contributed by atoms with van der Waals surface area (Å²) in [4.78, 5) is 0. The highest BCUT2D eigenvalue weighted by Gasteiger charge is 2.14. The molecule has 0 saturated carbocycles. The fourth-order valence-corrected chi connectivity index (χ4v) is 2.62. The van der Waals surface area contributed by atoms with Crippen LogP contribution in [0.4, 0.5) is 0 Å². The molecule has 0 aliphatic carbocycles. The highest BCUT2D eigenvalue weighted by Crippen LogP contribution is 2.32. The molecule has 1 heterocycles. The van der Waals surface area contributed by atoms with Gasteiger partial charge in [-0.05, 0) is 36.6 Å². The number of benzene rings is 2. The van der Waals surface area contributed by atoms with Crippen molar-refractivity contribution >= 4 is 0 Å². The number of rotatable bonds is 3. The third-order valence-corrected chi connectivity index (χ3v) is 3.74. The van der Waals surface area contributed by atoms with E-state index < -0.39 is 0 Å². The van der Waals surface area contributed by atoms with Crippen molar-refractivity contribution in [1.29, 1.82) is 0 Å². The Bertz CT molecular complexity index is 624. The Morgan fingerprint density at radius 3 is 2.67 bits per heavy atom. The van der Waals surface area contributed by atoms with Gasteiger partial charge in [-0.25, -0.2) is 0 Å². The van der Waals surface area contributed by atoms with E-state index in [0.717, 1.165) is 29.9 Å². The third kappa shape index (κ3) is 3.37. The number of aryl methyl sites for hydroxylation is 1. The third-order valence-electron chi connectivity index (χ3n) is 3.74. The molecule has 0 saturated heterocycles. The second kappa shape index (κ2) is 6.19. The Morgan fingerprint density at radius 2 is 1.86 bits per heavy atom. The molecule has 0 radical (unpaired) electrons. The quantitative estimate of drug-likeness (QED) is 0.939. The summed E-state index contributed by atoms with van der Waals surface area (Å²) >= 11 is 0. The molecule has 2 aromatic carbocycles. The van der Waals surface area contributed by atoms with Gasteiger partial charge in [-0.2, -0.15) is 0 Å². The van der Waals surface area contributed by atoms with Crippen molar-refractivity contribution in [2.45, 2.75) is 25.8 Å². The van der Waals surface area contributed by atoms with Crippen molar-refractivity contribution in [1.82, 2.24) is 0 Å². The first-order chi connectivity index (χ1) is 10.2. The lowest BCUT2D eigenvalue weighted by atomic mass is 9.98. The van der Waals surface area contributed by atoms with Gasteiger partial charge in [0.1, 0.15) is 0 Å². The molecular formula is C18H21NO2. The molecule has 2 N–H and O–H groups in total. The van der Waals surface area contributed by atoms with Gasteiger partial charge >= 0.3 is 0 Å². The fourth-order valence-electron chi connectivity index (χ4n) is 2.62. The lowest BCUT2D eigenvalue weighted by molar-refractivity contribution is 0.297. The zero-order valence-corrected chi connectivity index (χ0v) is 12.3. The summed E-state index contributed by atoms with van der Waals surface area (Å²) < 4.78 is 11.4. The van der Waals surface area contributed by atoms with Crippen LogP contribution < -0.4 is 15.2 Å². The van der Waals surface area contributed by atoms with Gasteiger partial charge in [-0.1, -0.05) is 35.9 Å². The average molecular weight is 283 g/mol. The molecule has 0 bridgehead atoms. The first kappa shape index (κ1) is 14.0. The number of hydrogen-bond donors (Lipinski definition) is 1. The summed E-state index contributed by atoms with van der Waals surface area (Å²) in [7, 11) is 0. The standard InChI is InChI=1S/C18H21NO2/c1-13-4-2-5-14(10-13)11-16(19)15-6-7-17-18(12-15)21-9-3-8-20-17/h2,4-7,10,12,16H,3,8-9,11,19H2,1H3. The summed E-state index contributed by atoms with van der Waals surface area (Å²) in [6, 6.07) is 14.5.